The van der Waals surface area contributed by atoms with Gasteiger partial charge in [0.1, 0.15) is 0 Å². The predicted molar refractivity (Wildman–Crippen MR) is 126 cm³/mol. The number of aromatic nitrogens is 1. The van der Waals surface area contributed by atoms with Crippen LogP contribution < -0.4 is 15.6 Å². The molecule has 0 aromatic carbocycles. The molecule has 2 aliphatic heterocycles. The van der Waals surface area contributed by atoms with E-state index in [4.69, 9.17) is 5.11 Å². The molecule has 13 nitrogen and oxygen atoms in total. The molecule has 0 unspecified atom stereocenters. The minimum Gasteiger partial charge on any atom is -0.493 e. The molecule has 3 atom stereocenters. The summed E-state index contributed by atoms with van der Waals surface area (Å²) in [5, 5.41) is 35.7. The Bertz CT molecular complexity index is 1060. The summed E-state index contributed by atoms with van der Waals surface area (Å²) in [6.07, 6.45) is 4.44. The van der Waals surface area contributed by atoms with Crippen LogP contribution in [0.25, 0.3) is 0 Å². The van der Waals surface area contributed by atoms with Gasteiger partial charge in [0.05, 0.1) is 12.1 Å². The van der Waals surface area contributed by atoms with Crippen molar-refractivity contribution in [1.29, 1.82) is 0 Å². The normalized spacial score (nSPS) is 21.7. The summed E-state index contributed by atoms with van der Waals surface area (Å²) >= 11 is 1.60. The van der Waals surface area contributed by atoms with Gasteiger partial charge in [0.15, 0.2) is 4.90 Å². The van der Waals surface area contributed by atoms with Gasteiger partial charge in [-0.1, -0.05) is 12.8 Å². The molecule has 3 rings (SSSR count). The monoisotopic (exact) mass is 534 g/mol. The quantitative estimate of drug-likeness (QED) is 0.120. The third-order valence-electron chi connectivity index (χ3n) is 6.01. The van der Waals surface area contributed by atoms with Crippen LogP contribution in [0.2, 0.25) is 0 Å². The summed E-state index contributed by atoms with van der Waals surface area (Å²) in [5.74, 6) is -1.99. The Hall–Kier alpha value is -2.65. The van der Waals surface area contributed by atoms with Crippen LogP contribution in [-0.4, -0.2) is 80.5 Å². The van der Waals surface area contributed by atoms with Gasteiger partial charge in [-0.25, -0.2) is 9.80 Å². The minimum atomic E-state index is -4.81. The summed E-state index contributed by atoms with van der Waals surface area (Å²) in [6, 6.07) is -0.702. The van der Waals surface area contributed by atoms with Gasteiger partial charge >= 0.3 is 12.0 Å². The lowest BCUT2D eigenvalue weighted by atomic mass is 10.0. The molecular weight excluding hydrogens is 504 g/mol. The lowest BCUT2D eigenvalue weighted by Crippen LogP contribution is -2.47. The van der Waals surface area contributed by atoms with Gasteiger partial charge in [-0.15, -0.1) is 0 Å². The maximum atomic E-state index is 12.6. The first kappa shape index (κ1) is 26.9. The number of thioether (sulfide) groups is 1. The third kappa shape index (κ3) is 6.52. The average molecular weight is 535 g/mol. The van der Waals surface area contributed by atoms with Crippen molar-refractivity contribution in [3.8, 4) is 11.8 Å². The van der Waals surface area contributed by atoms with E-state index >= 15 is 0 Å². The number of hydrogen-bond donors (Lipinski definition) is 6. The number of unbranched alkanes of at least 4 members (excludes halogenated alkanes) is 3. The number of urea groups is 1. The van der Waals surface area contributed by atoms with Crippen molar-refractivity contribution in [3.05, 3.63) is 6.07 Å². The molecule has 15 heteroatoms. The number of carboxylic acid groups (broad SMARTS) is 1. The lowest BCUT2D eigenvalue weighted by molar-refractivity contribution is -0.137. The summed E-state index contributed by atoms with van der Waals surface area (Å²) in [7, 11) is -4.81. The molecule has 3 amide bonds. The standard InChI is InChI=1S/C20H30N4O9S2/c25-15(21-9-5-1-2-8-17(27)28)7-4-3-6-13-18-12(11-34-13)22-20(30)24(18)23-16(26)10-14(19(23)29)35(31,32)33/h10,12-13,18,26,29H,1-9,11H2,(H,21,25)(H,22,30)(H,27,28)(H,31,32,33)/t12-,13-,18-/m0/s1. The van der Waals surface area contributed by atoms with E-state index in [9.17, 15) is 37.6 Å². The Labute approximate surface area is 206 Å². The van der Waals surface area contributed by atoms with Crippen molar-refractivity contribution in [2.75, 3.05) is 17.3 Å². The summed E-state index contributed by atoms with van der Waals surface area (Å²) < 4.78 is 32.9. The van der Waals surface area contributed by atoms with Crippen LogP contribution in [0.15, 0.2) is 11.0 Å². The van der Waals surface area contributed by atoms with Crippen molar-refractivity contribution in [2.24, 2.45) is 0 Å². The highest BCUT2D eigenvalue weighted by atomic mass is 32.2. The topological polar surface area (TPSA) is 198 Å². The van der Waals surface area contributed by atoms with Crippen molar-refractivity contribution < 1.29 is 42.7 Å². The zero-order valence-corrected chi connectivity index (χ0v) is 20.6. The van der Waals surface area contributed by atoms with Crippen LogP contribution in [0.3, 0.4) is 0 Å². The molecule has 1 aromatic rings. The highest BCUT2D eigenvalue weighted by Crippen LogP contribution is 2.40. The van der Waals surface area contributed by atoms with Crippen LogP contribution in [0.1, 0.15) is 51.4 Å². The Morgan fingerprint density at radius 2 is 1.86 bits per heavy atom. The molecule has 0 aliphatic carbocycles. The van der Waals surface area contributed by atoms with Crippen LogP contribution >= 0.6 is 11.8 Å². The second-order valence-corrected chi connectivity index (χ2v) is 11.2. The van der Waals surface area contributed by atoms with E-state index in [1.807, 2.05) is 0 Å². The molecule has 196 valence electrons. The predicted octanol–water partition coefficient (Wildman–Crippen LogP) is 0.981. The van der Waals surface area contributed by atoms with Gasteiger partial charge in [-0.3, -0.25) is 14.1 Å². The van der Waals surface area contributed by atoms with E-state index in [-0.39, 0.29) is 23.6 Å². The number of hydrogen-bond acceptors (Lipinski definition) is 8. The minimum absolute atomic E-state index is 0.0838. The largest absolute Gasteiger partial charge is 0.493 e. The van der Waals surface area contributed by atoms with Crippen molar-refractivity contribution in [1.82, 2.24) is 15.3 Å². The summed E-state index contributed by atoms with van der Waals surface area (Å²) in [4.78, 5) is 34.2. The van der Waals surface area contributed by atoms with E-state index in [1.54, 1.807) is 11.8 Å². The number of aliphatic carboxylic acids is 1. The SMILES string of the molecule is O=C(O)CCCCCNC(=O)CCCC[C@@H]1SC[C@@H]2NC(=O)N(n3c(O)cc(S(=O)(=O)O)c3O)[C@@H]21. The summed E-state index contributed by atoms with van der Waals surface area (Å²) in [5.41, 5.74) is 0. The maximum absolute atomic E-state index is 12.6. The Morgan fingerprint density at radius 3 is 2.51 bits per heavy atom. The number of carboxylic acids is 1. The van der Waals surface area contributed by atoms with E-state index in [0.29, 0.717) is 55.1 Å². The van der Waals surface area contributed by atoms with Gasteiger partial charge < -0.3 is 26.0 Å². The lowest BCUT2D eigenvalue weighted by Gasteiger charge is -2.28. The van der Waals surface area contributed by atoms with Gasteiger partial charge in [0.2, 0.25) is 17.7 Å². The molecule has 35 heavy (non-hydrogen) atoms. The van der Waals surface area contributed by atoms with Gasteiger partial charge in [-0.05, 0) is 25.7 Å². The molecule has 0 spiro atoms. The first-order chi connectivity index (χ1) is 16.5. The van der Waals surface area contributed by atoms with E-state index in [1.165, 1.54) is 0 Å². The van der Waals surface area contributed by atoms with Crippen molar-refractivity contribution in [3.63, 3.8) is 0 Å². The molecule has 0 radical (unpaired) electrons. The van der Waals surface area contributed by atoms with E-state index in [2.05, 4.69) is 10.6 Å². The average Bonchev–Trinajstić information content (AvgIpc) is 3.39. The van der Waals surface area contributed by atoms with Crippen molar-refractivity contribution >= 4 is 39.8 Å². The number of amides is 3. The van der Waals surface area contributed by atoms with E-state index in [0.717, 1.165) is 17.9 Å². The smallest absolute Gasteiger partial charge is 0.337 e. The van der Waals surface area contributed by atoms with Gasteiger partial charge in [-0.2, -0.15) is 24.9 Å². The number of aromatic hydroxyl groups is 2. The molecule has 1 aromatic heterocycles. The fourth-order valence-corrected chi connectivity index (χ4v) is 6.50. The van der Waals surface area contributed by atoms with Crippen LogP contribution in [0.4, 0.5) is 4.79 Å². The number of fused-ring (bicyclic) bond motifs is 1. The molecule has 2 fully saturated rings. The summed E-state index contributed by atoms with van der Waals surface area (Å²) in [6.45, 7) is 0.499. The highest BCUT2D eigenvalue weighted by molar-refractivity contribution is 8.00. The van der Waals surface area contributed by atoms with Crippen molar-refractivity contribution in [2.45, 2.75) is 73.6 Å². The van der Waals surface area contributed by atoms with Crippen LogP contribution in [-0.2, 0) is 19.7 Å². The third-order valence-corrected chi connectivity index (χ3v) is 8.36. The van der Waals surface area contributed by atoms with Gasteiger partial charge in [0, 0.05) is 36.5 Å². The molecular formula is C20H30N4O9S2. The molecule has 0 bridgehead atoms. The number of rotatable bonds is 13. The second-order valence-electron chi connectivity index (χ2n) is 8.54. The highest BCUT2D eigenvalue weighted by Gasteiger charge is 2.50. The Balaban J connectivity index is 1.50. The number of nitrogens with one attached hydrogen (secondary N) is 2. The van der Waals surface area contributed by atoms with Gasteiger partial charge in [0.25, 0.3) is 10.1 Å². The number of carbonyl (C=O) groups is 3. The van der Waals surface area contributed by atoms with Crippen LogP contribution in [0, 0.1) is 0 Å². The maximum Gasteiger partial charge on any atom is 0.337 e. The molecule has 6 N–H and O–H groups in total. The number of carbonyl (C=O) groups excluding carboxylic acids is 2. The fraction of sp³-hybridized carbons (Fsp3) is 0.650. The molecule has 2 aliphatic rings. The zero-order chi connectivity index (χ0) is 25.8. The fourth-order valence-electron chi connectivity index (χ4n) is 4.36. The second kappa shape index (κ2) is 11.4. The van der Waals surface area contributed by atoms with Crippen LogP contribution in [0.5, 0.6) is 11.8 Å². The first-order valence-electron chi connectivity index (χ1n) is 11.3. The Kier molecular flexibility index (Phi) is 8.77. The Morgan fingerprint density at radius 1 is 1.14 bits per heavy atom. The molecule has 0 saturated carbocycles. The molecule has 3 heterocycles. The first-order valence-corrected chi connectivity index (χ1v) is 13.8. The van der Waals surface area contributed by atoms with E-state index < -0.39 is 44.8 Å². The molecule has 2 saturated heterocycles. The zero-order valence-electron chi connectivity index (χ0n) is 18.9. The number of nitrogens with zero attached hydrogens (tertiary/aromatic N) is 2.